The first-order valence-corrected chi connectivity index (χ1v) is 7.69. The van der Waals surface area contributed by atoms with E-state index in [9.17, 15) is 9.59 Å². The molecule has 21 heavy (non-hydrogen) atoms. The van der Waals surface area contributed by atoms with Crippen LogP contribution < -0.4 is 0 Å². The molecule has 1 unspecified atom stereocenters. The van der Waals surface area contributed by atoms with Crippen LogP contribution in [0.25, 0.3) is 0 Å². The van der Waals surface area contributed by atoms with Crippen LogP contribution in [0.1, 0.15) is 40.5 Å². The normalized spacial score (nSPS) is 20.7. The van der Waals surface area contributed by atoms with Crippen LogP contribution in [0.2, 0.25) is 0 Å². The zero-order valence-electron chi connectivity index (χ0n) is 13.7. The summed E-state index contributed by atoms with van der Waals surface area (Å²) in [6.45, 7) is 13.4. The van der Waals surface area contributed by atoms with Gasteiger partial charge in [-0.15, -0.1) is 0 Å². The Morgan fingerprint density at radius 3 is 2.48 bits per heavy atom. The molecule has 0 N–H and O–H groups in total. The number of ether oxygens (including phenoxy) is 1. The van der Waals surface area contributed by atoms with Crippen LogP contribution in [0.4, 0.5) is 0 Å². The molecule has 1 atom stereocenters. The highest BCUT2D eigenvalue weighted by Gasteiger charge is 2.34. The van der Waals surface area contributed by atoms with Gasteiger partial charge in [0.1, 0.15) is 6.54 Å². The van der Waals surface area contributed by atoms with E-state index in [1.54, 1.807) is 0 Å². The second-order valence-corrected chi connectivity index (χ2v) is 5.99. The summed E-state index contributed by atoms with van der Waals surface area (Å²) < 4.78 is 5.71. The van der Waals surface area contributed by atoms with E-state index in [0.717, 1.165) is 12.8 Å². The van der Waals surface area contributed by atoms with E-state index in [2.05, 4.69) is 20.4 Å². The van der Waals surface area contributed by atoms with Crippen molar-refractivity contribution < 1.29 is 14.3 Å². The van der Waals surface area contributed by atoms with E-state index >= 15 is 0 Å². The molecule has 0 bridgehead atoms. The molecule has 5 heteroatoms. The van der Waals surface area contributed by atoms with Crippen LogP contribution in [-0.2, 0) is 14.3 Å². The van der Waals surface area contributed by atoms with Crippen molar-refractivity contribution in [2.75, 3.05) is 26.2 Å². The standard InChI is InChI=1S/C16H28N2O3/c1-6-14(19)17(7-2)12-15(20)18(8-3)13-9-10-21-16(4,5)11-13/h6,13H,1,7-12H2,2-5H3. The third-order valence-corrected chi connectivity index (χ3v) is 3.97. The lowest BCUT2D eigenvalue weighted by atomic mass is 9.92. The van der Waals surface area contributed by atoms with E-state index in [4.69, 9.17) is 4.74 Å². The third-order valence-electron chi connectivity index (χ3n) is 3.97. The van der Waals surface area contributed by atoms with Gasteiger partial charge in [-0.05, 0) is 46.6 Å². The number of nitrogens with zero attached hydrogens (tertiary/aromatic N) is 2. The van der Waals surface area contributed by atoms with E-state index < -0.39 is 0 Å². The second kappa shape index (κ2) is 7.59. The summed E-state index contributed by atoms with van der Waals surface area (Å²) in [6.07, 6.45) is 2.93. The molecule has 0 aromatic rings. The SMILES string of the molecule is C=CC(=O)N(CC)CC(=O)N(CC)C1CCOC(C)(C)C1. The molecule has 1 aliphatic rings. The van der Waals surface area contributed by atoms with Gasteiger partial charge in [0.25, 0.3) is 0 Å². The maximum Gasteiger partial charge on any atom is 0.246 e. The van der Waals surface area contributed by atoms with Crippen molar-refractivity contribution in [2.45, 2.75) is 52.2 Å². The van der Waals surface area contributed by atoms with Gasteiger partial charge in [-0.25, -0.2) is 0 Å². The molecule has 0 radical (unpaired) electrons. The van der Waals surface area contributed by atoms with Gasteiger partial charge < -0.3 is 14.5 Å². The van der Waals surface area contributed by atoms with Gasteiger partial charge in [0.15, 0.2) is 0 Å². The monoisotopic (exact) mass is 296 g/mol. The zero-order valence-corrected chi connectivity index (χ0v) is 13.7. The molecule has 0 saturated carbocycles. The minimum absolute atomic E-state index is 0.00255. The fourth-order valence-electron chi connectivity index (χ4n) is 2.83. The first-order valence-electron chi connectivity index (χ1n) is 7.69. The van der Waals surface area contributed by atoms with Crippen LogP contribution in [-0.4, -0.2) is 59.5 Å². The van der Waals surface area contributed by atoms with Gasteiger partial charge in [-0.1, -0.05) is 6.58 Å². The van der Waals surface area contributed by atoms with Crippen molar-refractivity contribution in [1.29, 1.82) is 0 Å². The number of carbonyl (C=O) groups is 2. The summed E-state index contributed by atoms with van der Waals surface area (Å²) in [7, 11) is 0. The Morgan fingerprint density at radius 1 is 1.33 bits per heavy atom. The van der Waals surface area contributed by atoms with Crippen LogP contribution in [0, 0.1) is 0 Å². The number of carbonyl (C=O) groups excluding carboxylic acids is 2. The molecule has 0 aliphatic carbocycles. The topological polar surface area (TPSA) is 49.9 Å². The van der Waals surface area contributed by atoms with Crippen molar-refractivity contribution in [1.82, 2.24) is 9.80 Å². The number of amides is 2. The Kier molecular flexibility index (Phi) is 6.40. The van der Waals surface area contributed by atoms with Crippen molar-refractivity contribution in [3.63, 3.8) is 0 Å². The highest BCUT2D eigenvalue weighted by Crippen LogP contribution is 2.27. The van der Waals surface area contributed by atoms with Crippen LogP contribution >= 0.6 is 0 Å². The quantitative estimate of drug-likeness (QED) is 0.703. The first-order chi connectivity index (χ1) is 9.84. The Balaban J connectivity index is 2.72. The van der Waals surface area contributed by atoms with Gasteiger partial charge in [-0.3, -0.25) is 9.59 Å². The Bertz CT molecular complexity index is 393. The second-order valence-electron chi connectivity index (χ2n) is 5.99. The molecule has 1 aliphatic heterocycles. The molecular weight excluding hydrogens is 268 g/mol. The number of rotatable bonds is 6. The van der Waals surface area contributed by atoms with Gasteiger partial charge >= 0.3 is 0 Å². The van der Waals surface area contributed by atoms with Crippen molar-refractivity contribution >= 4 is 11.8 Å². The van der Waals surface area contributed by atoms with Gasteiger partial charge in [0, 0.05) is 25.7 Å². The third kappa shape index (κ3) is 4.84. The van der Waals surface area contributed by atoms with Crippen molar-refractivity contribution in [2.24, 2.45) is 0 Å². The molecule has 0 aromatic heterocycles. The average Bonchev–Trinajstić information content (AvgIpc) is 2.43. The summed E-state index contributed by atoms with van der Waals surface area (Å²) >= 11 is 0. The summed E-state index contributed by atoms with van der Waals surface area (Å²) in [5.41, 5.74) is -0.196. The maximum atomic E-state index is 12.5. The Morgan fingerprint density at radius 2 is 2.00 bits per heavy atom. The van der Waals surface area contributed by atoms with E-state index in [0.29, 0.717) is 19.7 Å². The molecule has 5 nitrogen and oxygen atoms in total. The molecule has 0 spiro atoms. The molecule has 0 aromatic carbocycles. The van der Waals surface area contributed by atoms with Crippen LogP contribution in [0.3, 0.4) is 0 Å². The summed E-state index contributed by atoms with van der Waals surface area (Å²) in [5.74, 6) is -0.202. The largest absolute Gasteiger partial charge is 0.375 e. The Hall–Kier alpha value is -1.36. The highest BCUT2D eigenvalue weighted by atomic mass is 16.5. The van der Waals surface area contributed by atoms with Crippen LogP contribution in [0.5, 0.6) is 0 Å². The minimum Gasteiger partial charge on any atom is -0.375 e. The number of hydrogen-bond donors (Lipinski definition) is 0. The summed E-state index contributed by atoms with van der Waals surface area (Å²) in [4.78, 5) is 27.6. The highest BCUT2D eigenvalue weighted by molar-refractivity contribution is 5.90. The van der Waals surface area contributed by atoms with E-state index in [-0.39, 0.29) is 30.0 Å². The van der Waals surface area contributed by atoms with Gasteiger partial charge in [-0.2, -0.15) is 0 Å². The van der Waals surface area contributed by atoms with Crippen LogP contribution in [0.15, 0.2) is 12.7 Å². The van der Waals surface area contributed by atoms with E-state index in [1.807, 2.05) is 18.7 Å². The smallest absolute Gasteiger partial charge is 0.246 e. The van der Waals surface area contributed by atoms with Crippen molar-refractivity contribution in [3.8, 4) is 0 Å². The molecule has 1 heterocycles. The lowest BCUT2D eigenvalue weighted by Gasteiger charge is -2.41. The van der Waals surface area contributed by atoms with E-state index in [1.165, 1.54) is 11.0 Å². The molecule has 1 fully saturated rings. The predicted molar refractivity (Wildman–Crippen MR) is 82.9 cm³/mol. The first kappa shape index (κ1) is 17.7. The molecule has 120 valence electrons. The zero-order chi connectivity index (χ0) is 16.0. The lowest BCUT2D eigenvalue weighted by Crippen LogP contribution is -2.51. The maximum absolute atomic E-state index is 12.5. The van der Waals surface area contributed by atoms with Crippen molar-refractivity contribution in [3.05, 3.63) is 12.7 Å². The number of likely N-dealkylation sites (N-methyl/N-ethyl adjacent to an activating group) is 2. The lowest BCUT2D eigenvalue weighted by molar-refractivity contribution is -0.144. The molecule has 2 amide bonds. The molecule has 1 rings (SSSR count). The fraction of sp³-hybridized carbons (Fsp3) is 0.750. The van der Waals surface area contributed by atoms with Gasteiger partial charge in [0.2, 0.25) is 11.8 Å². The Labute approximate surface area is 127 Å². The predicted octanol–water partition coefficient (Wildman–Crippen LogP) is 1.83. The number of hydrogen-bond acceptors (Lipinski definition) is 3. The molecule has 1 saturated heterocycles. The summed E-state index contributed by atoms with van der Waals surface area (Å²) in [5, 5.41) is 0. The average molecular weight is 296 g/mol. The molecular formula is C16H28N2O3. The summed E-state index contributed by atoms with van der Waals surface area (Å²) in [6, 6.07) is 0.184. The minimum atomic E-state index is -0.200. The fourth-order valence-corrected chi connectivity index (χ4v) is 2.83. The van der Waals surface area contributed by atoms with Gasteiger partial charge in [0.05, 0.1) is 5.60 Å².